The predicted octanol–water partition coefficient (Wildman–Crippen LogP) is 2.10. The molecule has 0 fully saturated rings. The van der Waals surface area contributed by atoms with Crippen LogP contribution in [0.5, 0.6) is 17.2 Å². The molecular formula is C19H18N3O6S+. The van der Waals surface area contributed by atoms with Crippen molar-refractivity contribution in [3.8, 4) is 22.9 Å². The van der Waals surface area contributed by atoms with E-state index in [1.165, 1.54) is 16.4 Å². The lowest BCUT2D eigenvalue weighted by atomic mass is 10.2. The monoisotopic (exact) mass is 416 g/mol. The lowest BCUT2D eigenvalue weighted by Gasteiger charge is -2.05. The molecule has 9 nitrogen and oxygen atoms in total. The number of ether oxygens (including phenoxy) is 3. The Bertz CT molecular complexity index is 1080. The maximum absolute atomic E-state index is 12.2. The number of aromatic nitrogens is 2. The smallest absolute Gasteiger partial charge is 0.442 e. The van der Waals surface area contributed by atoms with E-state index in [2.05, 4.69) is 10.6 Å². The molecule has 0 unspecified atom stereocenters. The highest BCUT2D eigenvalue weighted by molar-refractivity contribution is 7.99. The highest BCUT2D eigenvalue weighted by atomic mass is 32.2. The Labute approximate surface area is 169 Å². The van der Waals surface area contributed by atoms with Crippen LogP contribution >= 0.6 is 11.8 Å². The zero-order chi connectivity index (χ0) is 20.2. The molecule has 2 heterocycles. The number of benzene rings is 2. The zero-order valence-corrected chi connectivity index (χ0v) is 16.3. The molecular weight excluding hydrogens is 398 g/mol. The fourth-order valence-corrected chi connectivity index (χ4v) is 3.64. The molecule has 29 heavy (non-hydrogen) atoms. The molecule has 0 atom stereocenters. The highest BCUT2D eigenvalue weighted by Gasteiger charge is 2.24. The van der Waals surface area contributed by atoms with E-state index in [4.69, 9.17) is 18.7 Å². The third-order valence-corrected chi connectivity index (χ3v) is 5.19. The van der Waals surface area contributed by atoms with Crippen molar-refractivity contribution in [1.29, 1.82) is 0 Å². The second-order valence-corrected chi connectivity index (χ2v) is 7.12. The second-order valence-electron chi connectivity index (χ2n) is 6.03. The fourth-order valence-electron chi connectivity index (χ4n) is 2.73. The molecule has 10 heteroatoms. The quantitative estimate of drug-likeness (QED) is 0.449. The number of hydrogen-bond acceptors (Lipinski definition) is 7. The summed E-state index contributed by atoms with van der Waals surface area (Å²) in [5.74, 6) is 2.18. The molecule has 0 spiro atoms. The van der Waals surface area contributed by atoms with Gasteiger partial charge in [0.15, 0.2) is 11.5 Å². The maximum Gasteiger partial charge on any atom is 0.442 e. The van der Waals surface area contributed by atoms with Gasteiger partial charge in [-0.3, -0.25) is 9.32 Å². The van der Waals surface area contributed by atoms with Crippen molar-refractivity contribution in [1.82, 2.24) is 5.27 Å². The van der Waals surface area contributed by atoms with E-state index in [9.17, 15) is 9.59 Å². The zero-order valence-electron chi connectivity index (χ0n) is 15.5. The third kappa shape index (κ3) is 4.21. The first-order valence-corrected chi connectivity index (χ1v) is 9.73. The minimum atomic E-state index is -0.498. The number of aromatic amines is 1. The van der Waals surface area contributed by atoms with Crippen molar-refractivity contribution >= 4 is 23.4 Å². The van der Waals surface area contributed by atoms with E-state index in [0.29, 0.717) is 39.4 Å². The molecule has 2 N–H and O–H groups in total. The van der Waals surface area contributed by atoms with Gasteiger partial charge in [-0.05, 0) is 46.0 Å². The Hall–Kier alpha value is -3.40. The molecule has 3 aromatic rings. The summed E-state index contributed by atoms with van der Waals surface area (Å²) in [4.78, 5) is 24.2. The molecule has 2 aromatic carbocycles. The van der Waals surface area contributed by atoms with Gasteiger partial charge in [0.1, 0.15) is 5.75 Å². The molecule has 1 aliphatic rings. The lowest BCUT2D eigenvalue weighted by molar-refractivity contribution is -0.704. The summed E-state index contributed by atoms with van der Waals surface area (Å²) in [6, 6.07) is 12.3. The van der Waals surface area contributed by atoms with E-state index >= 15 is 0 Å². The second kappa shape index (κ2) is 8.31. The molecule has 1 aliphatic heterocycles. The van der Waals surface area contributed by atoms with Gasteiger partial charge < -0.3 is 19.5 Å². The number of hydrogen-bond donors (Lipinski definition) is 2. The molecule has 0 saturated heterocycles. The average molecular weight is 416 g/mol. The summed E-state index contributed by atoms with van der Waals surface area (Å²) in [6.45, 7) is 0.177. The van der Waals surface area contributed by atoms with Gasteiger partial charge in [0, 0.05) is 36.1 Å². The summed E-state index contributed by atoms with van der Waals surface area (Å²) in [5, 5.41) is 5.73. The van der Waals surface area contributed by atoms with Gasteiger partial charge in [-0.1, -0.05) is 0 Å². The van der Waals surface area contributed by atoms with Crippen molar-refractivity contribution in [3.05, 3.63) is 52.9 Å². The molecule has 4 rings (SSSR count). The van der Waals surface area contributed by atoms with Gasteiger partial charge in [-0.15, -0.1) is 0 Å². The summed E-state index contributed by atoms with van der Waals surface area (Å²) in [6.07, 6.45) is 0.215. The predicted molar refractivity (Wildman–Crippen MR) is 104 cm³/mol. The first kappa shape index (κ1) is 18.9. The third-order valence-electron chi connectivity index (χ3n) is 4.16. The molecule has 1 aromatic heterocycles. The number of carbonyl (C=O) groups excluding carboxylic acids is 1. The van der Waals surface area contributed by atoms with Gasteiger partial charge in [-0.25, -0.2) is 4.79 Å². The number of rotatable bonds is 7. The average Bonchev–Trinajstić information content (AvgIpc) is 3.34. The number of methoxy groups -OCH3 is 1. The largest absolute Gasteiger partial charge is 0.497 e. The number of nitrogens with zero attached hydrogens (tertiary/aromatic N) is 1. The molecule has 0 radical (unpaired) electrons. The molecule has 0 bridgehead atoms. The van der Waals surface area contributed by atoms with Crippen LogP contribution in [0.15, 0.2) is 56.8 Å². The van der Waals surface area contributed by atoms with Gasteiger partial charge >= 0.3 is 10.7 Å². The molecule has 1 amide bonds. The van der Waals surface area contributed by atoms with Crippen molar-refractivity contribution in [2.75, 3.05) is 25.0 Å². The Morgan fingerprint density at radius 2 is 2.00 bits per heavy atom. The standard InChI is InChI=1S/C19H17N3O6S/c1-25-14-5-3-13(4-6-14)22-18(19(24)28-21-22)29-9-8-17(23)20-12-2-7-15-16(10-12)27-11-26-15/h2-7,10H,8-9,11H2,1H3,(H-,20,21,23,24)/p+1. The first-order chi connectivity index (χ1) is 14.1. The SMILES string of the molecule is COc1ccc(-[n+]2[nH]oc(=O)c2SCCC(=O)Nc2ccc3c(c2)OCO3)cc1. The van der Waals surface area contributed by atoms with Crippen LogP contribution in [0.25, 0.3) is 5.69 Å². The van der Waals surface area contributed by atoms with Crippen LogP contribution in [0, 0.1) is 0 Å². The van der Waals surface area contributed by atoms with Crippen LogP contribution in [0.1, 0.15) is 6.42 Å². The molecule has 150 valence electrons. The summed E-state index contributed by atoms with van der Waals surface area (Å²) >= 11 is 1.23. The van der Waals surface area contributed by atoms with Crippen LogP contribution in [0.3, 0.4) is 0 Å². The Kier molecular flexibility index (Phi) is 5.43. The normalized spacial score (nSPS) is 12.0. The van der Waals surface area contributed by atoms with E-state index in [1.807, 2.05) is 0 Å². The van der Waals surface area contributed by atoms with E-state index in [0.717, 1.165) is 0 Å². The number of nitrogens with one attached hydrogen (secondary N) is 2. The maximum atomic E-state index is 12.2. The minimum absolute atomic E-state index is 0.174. The Morgan fingerprint density at radius 1 is 1.21 bits per heavy atom. The van der Waals surface area contributed by atoms with E-state index in [1.54, 1.807) is 49.6 Å². The van der Waals surface area contributed by atoms with Crippen molar-refractivity contribution in [2.45, 2.75) is 11.4 Å². The van der Waals surface area contributed by atoms with E-state index < -0.39 is 5.63 Å². The number of anilines is 1. The topological polar surface area (TPSA) is 107 Å². The number of thioether (sulfide) groups is 1. The fraction of sp³-hybridized carbons (Fsp3) is 0.211. The van der Waals surface area contributed by atoms with Gasteiger partial charge in [-0.2, -0.15) is 0 Å². The van der Waals surface area contributed by atoms with Crippen molar-refractivity contribution in [2.24, 2.45) is 0 Å². The van der Waals surface area contributed by atoms with Gasteiger partial charge in [0.2, 0.25) is 18.4 Å². The summed E-state index contributed by atoms with van der Waals surface area (Å²) < 4.78 is 22.1. The van der Waals surface area contributed by atoms with Crippen LogP contribution in [-0.4, -0.2) is 30.8 Å². The number of fused-ring (bicyclic) bond motifs is 1. The highest BCUT2D eigenvalue weighted by Crippen LogP contribution is 2.34. The Balaban J connectivity index is 1.36. The van der Waals surface area contributed by atoms with Crippen molar-refractivity contribution < 1.29 is 28.2 Å². The number of amides is 1. The summed E-state index contributed by atoms with van der Waals surface area (Å²) in [5.41, 5.74) is 0.838. The van der Waals surface area contributed by atoms with Crippen LogP contribution in [-0.2, 0) is 4.79 Å². The first-order valence-electron chi connectivity index (χ1n) is 8.74. The summed E-state index contributed by atoms with van der Waals surface area (Å²) in [7, 11) is 1.58. The van der Waals surface area contributed by atoms with Gasteiger partial charge in [0.25, 0.3) is 0 Å². The number of carbonyl (C=O) groups is 1. The lowest BCUT2D eigenvalue weighted by Crippen LogP contribution is -2.36. The van der Waals surface area contributed by atoms with E-state index in [-0.39, 0.29) is 19.1 Å². The Morgan fingerprint density at radius 3 is 2.79 bits per heavy atom. The minimum Gasteiger partial charge on any atom is -0.497 e. The van der Waals surface area contributed by atoms with Gasteiger partial charge in [0.05, 0.1) is 7.11 Å². The molecule has 0 aliphatic carbocycles. The van der Waals surface area contributed by atoms with Crippen molar-refractivity contribution in [3.63, 3.8) is 0 Å². The van der Waals surface area contributed by atoms with Crippen LogP contribution < -0.4 is 29.8 Å². The van der Waals surface area contributed by atoms with Crippen LogP contribution in [0.2, 0.25) is 0 Å². The van der Waals surface area contributed by atoms with Crippen LogP contribution in [0.4, 0.5) is 5.69 Å². The number of H-pyrrole nitrogens is 1. The molecule has 0 saturated carbocycles.